The number of hydrogen-bond acceptors (Lipinski definition) is 7. The van der Waals surface area contributed by atoms with Crippen molar-refractivity contribution in [1.82, 2.24) is 4.90 Å². The van der Waals surface area contributed by atoms with Crippen molar-refractivity contribution in [2.75, 3.05) is 36.8 Å². The van der Waals surface area contributed by atoms with E-state index in [0.717, 1.165) is 18.4 Å². The molecule has 3 aromatic carbocycles. The molecule has 2 N–H and O–H groups in total. The first-order valence-electron chi connectivity index (χ1n) is 12.7. The van der Waals surface area contributed by atoms with Gasteiger partial charge in [0.1, 0.15) is 11.5 Å². The predicted octanol–water partition coefficient (Wildman–Crippen LogP) is 4.49. The molecular formula is C28H33N3O7S2. The Hall–Kier alpha value is -3.77. The predicted molar refractivity (Wildman–Crippen MR) is 153 cm³/mol. The summed E-state index contributed by atoms with van der Waals surface area (Å²) < 4.78 is 67.8. The van der Waals surface area contributed by atoms with Crippen molar-refractivity contribution in [1.29, 1.82) is 0 Å². The third-order valence-corrected chi connectivity index (χ3v) is 9.56. The van der Waals surface area contributed by atoms with Gasteiger partial charge in [-0.15, -0.1) is 0 Å². The van der Waals surface area contributed by atoms with Gasteiger partial charge in [0.2, 0.25) is 0 Å². The van der Waals surface area contributed by atoms with E-state index in [9.17, 15) is 21.6 Å². The number of ether oxygens (including phenoxy) is 2. The van der Waals surface area contributed by atoms with Gasteiger partial charge in [-0.3, -0.25) is 14.2 Å². The molecule has 1 heterocycles. The number of nitrogens with one attached hydrogen (secondary N) is 2. The lowest BCUT2D eigenvalue weighted by Crippen LogP contribution is -2.38. The van der Waals surface area contributed by atoms with Gasteiger partial charge in [-0.1, -0.05) is 13.0 Å². The Morgan fingerprint density at radius 2 is 1.38 bits per heavy atom. The quantitative estimate of drug-likeness (QED) is 0.377. The number of benzene rings is 3. The van der Waals surface area contributed by atoms with Gasteiger partial charge < -0.3 is 14.4 Å². The third kappa shape index (κ3) is 6.50. The summed E-state index contributed by atoms with van der Waals surface area (Å²) in [6.07, 6.45) is 1.76. The number of anilines is 2. The lowest BCUT2D eigenvalue weighted by Gasteiger charge is -2.30. The molecule has 0 aromatic heterocycles. The second-order valence-corrected chi connectivity index (χ2v) is 13.1. The second-order valence-electron chi connectivity index (χ2n) is 9.78. The number of piperidine rings is 1. The fraction of sp³-hybridized carbons (Fsp3) is 0.321. The number of aryl methyl sites for hydroxylation is 1. The van der Waals surface area contributed by atoms with Crippen LogP contribution >= 0.6 is 0 Å². The Morgan fingerprint density at radius 3 is 2.00 bits per heavy atom. The first-order valence-corrected chi connectivity index (χ1v) is 15.7. The summed E-state index contributed by atoms with van der Waals surface area (Å²) in [4.78, 5) is 14.7. The molecule has 1 aliphatic rings. The van der Waals surface area contributed by atoms with E-state index >= 15 is 0 Å². The van der Waals surface area contributed by atoms with Crippen LogP contribution in [0, 0.1) is 12.8 Å². The van der Waals surface area contributed by atoms with E-state index in [0.29, 0.717) is 24.8 Å². The van der Waals surface area contributed by atoms with E-state index in [-0.39, 0.29) is 38.4 Å². The molecule has 1 amide bonds. The maximum Gasteiger partial charge on any atom is 0.262 e. The standard InChI is InChI=1S/C28H33N3O7S2/c1-19-13-15-31(16-14-19)28(32)24-18-23(10-12-26(24)37-3)40(35,36)29-21-6-8-22(9-7-21)39(33,34)30-25-17-20(2)5-11-27(25)38-4/h5-12,17-19,29-30H,13-16H2,1-4H3. The van der Waals surface area contributed by atoms with Gasteiger partial charge >= 0.3 is 0 Å². The van der Waals surface area contributed by atoms with Crippen molar-refractivity contribution >= 4 is 37.3 Å². The summed E-state index contributed by atoms with van der Waals surface area (Å²) in [5.41, 5.74) is 1.45. The Bertz CT molecular complexity index is 1600. The molecule has 4 rings (SSSR count). The fourth-order valence-corrected chi connectivity index (χ4v) is 6.57. The Morgan fingerprint density at radius 1 is 0.800 bits per heavy atom. The minimum Gasteiger partial charge on any atom is -0.496 e. The number of carbonyl (C=O) groups is 1. The number of rotatable bonds is 9. The van der Waals surface area contributed by atoms with Gasteiger partial charge in [-0.25, -0.2) is 16.8 Å². The van der Waals surface area contributed by atoms with Crippen molar-refractivity contribution in [3.8, 4) is 11.5 Å². The molecule has 0 aliphatic carbocycles. The van der Waals surface area contributed by atoms with Gasteiger partial charge in [0.05, 0.1) is 35.3 Å². The molecule has 214 valence electrons. The monoisotopic (exact) mass is 587 g/mol. The van der Waals surface area contributed by atoms with Crippen molar-refractivity contribution in [2.24, 2.45) is 5.92 Å². The maximum atomic E-state index is 13.2. The van der Waals surface area contributed by atoms with Crippen molar-refractivity contribution in [3.63, 3.8) is 0 Å². The number of carbonyl (C=O) groups excluding carboxylic acids is 1. The highest BCUT2D eigenvalue weighted by Gasteiger charge is 2.26. The van der Waals surface area contributed by atoms with Crippen LogP contribution < -0.4 is 18.9 Å². The molecular weight excluding hydrogens is 554 g/mol. The Balaban J connectivity index is 1.53. The van der Waals surface area contributed by atoms with Gasteiger partial charge in [-0.2, -0.15) is 0 Å². The highest BCUT2D eigenvalue weighted by atomic mass is 32.2. The molecule has 0 bridgehead atoms. The molecule has 1 saturated heterocycles. The zero-order valence-corrected chi connectivity index (χ0v) is 24.4. The number of hydrogen-bond donors (Lipinski definition) is 2. The Kier molecular flexibility index (Phi) is 8.59. The van der Waals surface area contributed by atoms with Gasteiger partial charge in [0.15, 0.2) is 0 Å². The topological polar surface area (TPSA) is 131 Å². The molecule has 10 nitrogen and oxygen atoms in total. The first kappa shape index (κ1) is 29.2. The summed E-state index contributed by atoms with van der Waals surface area (Å²) in [5, 5.41) is 0. The number of methoxy groups -OCH3 is 2. The molecule has 0 saturated carbocycles. The van der Waals surface area contributed by atoms with Crippen LogP contribution in [0.5, 0.6) is 11.5 Å². The molecule has 0 atom stereocenters. The molecule has 12 heteroatoms. The van der Waals surface area contributed by atoms with Crippen molar-refractivity contribution in [2.45, 2.75) is 36.5 Å². The molecule has 0 radical (unpaired) electrons. The lowest BCUT2D eigenvalue weighted by atomic mass is 9.98. The van der Waals surface area contributed by atoms with Crippen LogP contribution in [0.25, 0.3) is 0 Å². The molecule has 40 heavy (non-hydrogen) atoms. The minimum absolute atomic E-state index is 0.0628. The first-order chi connectivity index (χ1) is 18.9. The van der Waals surface area contributed by atoms with Gasteiger partial charge in [0.25, 0.3) is 26.0 Å². The van der Waals surface area contributed by atoms with Crippen LogP contribution in [0.3, 0.4) is 0 Å². The van der Waals surface area contributed by atoms with Crippen LogP contribution in [0.1, 0.15) is 35.7 Å². The Labute approximate surface area is 235 Å². The van der Waals surface area contributed by atoms with Crippen LogP contribution in [0.15, 0.2) is 70.5 Å². The largest absolute Gasteiger partial charge is 0.496 e. The van der Waals surface area contributed by atoms with Crippen molar-refractivity contribution in [3.05, 3.63) is 71.8 Å². The summed E-state index contributed by atoms with van der Waals surface area (Å²) in [6, 6.07) is 14.5. The van der Waals surface area contributed by atoms with E-state index in [4.69, 9.17) is 9.47 Å². The smallest absolute Gasteiger partial charge is 0.262 e. The van der Waals surface area contributed by atoms with Crippen molar-refractivity contribution < 1.29 is 31.1 Å². The number of likely N-dealkylation sites (tertiary alicyclic amines) is 1. The number of sulfonamides is 2. The molecule has 0 unspecified atom stereocenters. The van der Waals surface area contributed by atoms with E-state index < -0.39 is 20.0 Å². The molecule has 0 spiro atoms. The molecule has 1 fully saturated rings. The third-order valence-electron chi connectivity index (χ3n) is 6.80. The summed E-state index contributed by atoms with van der Waals surface area (Å²) in [6.45, 7) is 5.16. The highest BCUT2D eigenvalue weighted by molar-refractivity contribution is 7.93. The van der Waals surface area contributed by atoms with Crippen LogP contribution in [0.4, 0.5) is 11.4 Å². The van der Waals surface area contributed by atoms with Gasteiger partial charge in [0, 0.05) is 18.8 Å². The fourth-order valence-electron chi connectivity index (χ4n) is 4.42. The van der Waals surface area contributed by atoms with Crippen LogP contribution in [-0.2, 0) is 20.0 Å². The number of amides is 1. The van der Waals surface area contributed by atoms with E-state index in [1.807, 2.05) is 6.92 Å². The SMILES string of the molecule is COc1ccc(C)cc1NS(=O)(=O)c1ccc(NS(=O)(=O)c2ccc(OC)c(C(=O)N3CCC(C)CC3)c2)cc1. The molecule has 3 aromatic rings. The number of nitrogens with zero attached hydrogens (tertiary/aromatic N) is 1. The molecule has 1 aliphatic heterocycles. The van der Waals surface area contributed by atoms with E-state index in [1.165, 1.54) is 56.7 Å². The van der Waals surface area contributed by atoms with Crippen LogP contribution in [-0.4, -0.2) is 55.0 Å². The average molecular weight is 588 g/mol. The maximum absolute atomic E-state index is 13.2. The minimum atomic E-state index is -4.10. The summed E-state index contributed by atoms with van der Waals surface area (Å²) in [7, 11) is -5.21. The van der Waals surface area contributed by atoms with E-state index in [2.05, 4.69) is 16.4 Å². The zero-order valence-electron chi connectivity index (χ0n) is 22.8. The van der Waals surface area contributed by atoms with Crippen LogP contribution in [0.2, 0.25) is 0 Å². The normalized spacial score (nSPS) is 14.4. The average Bonchev–Trinajstić information content (AvgIpc) is 2.92. The summed E-state index contributed by atoms with van der Waals surface area (Å²) in [5.74, 6) is 0.901. The highest BCUT2D eigenvalue weighted by Crippen LogP contribution is 2.30. The zero-order chi connectivity index (χ0) is 29.1. The lowest BCUT2D eigenvalue weighted by molar-refractivity contribution is 0.0693. The van der Waals surface area contributed by atoms with E-state index in [1.54, 1.807) is 23.1 Å². The van der Waals surface area contributed by atoms with Gasteiger partial charge in [-0.05, 0) is 85.8 Å². The second kappa shape index (κ2) is 11.8. The summed E-state index contributed by atoms with van der Waals surface area (Å²) >= 11 is 0.